The Morgan fingerprint density at radius 1 is 1.18 bits per heavy atom. The highest BCUT2D eigenvalue weighted by Crippen LogP contribution is 2.31. The number of hydrogen-bond donors (Lipinski definition) is 1. The van der Waals surface area contributed by atoms with Gasteiger partial charge in [-0.25, -0.2) is 0 Å². The molecule has 2 aliphatic rings. The van der Waals surface area contributed by atoms with E-state index < -0.39 is 0 Å². The van der Waals surface area contributed by atoms with Crippen LogP contribution in [0.25, 0.3) is 0 Å². The van der Waals surface area contributed by atoms with Gasteiger partial charge in [-0.05, 0) is 49.8 Å². The van der Waals surface area contributed by atoms with Crippen molar-refractivity contribution in [3.8, 4) is 0 Å². The van der Waals surface area contributed by atoms with Crippen LogP contribution >= 0.6 is 23.2 Å². The second kappa shape index (κ2) is 7.62. The molecular weight excluding hydrogens is 319 g/mol. The lowest BCUT2D eigenvalue weighted by Crippen LogP contribution is -2.47. The molecule has 0 spiro atoms. The van der Waals surface area contributed by atoms with E-state index in [-0.39, 0.29) is 0 Å². The van der Waals surface area contributed by atoms with Crippen LogP contribution in [0.2, 0.25) is 0 Å². The zero-order valence-electron chi connectivity index (χ0n) is 12.6. The number of halogens is 2. The molecule has 3 rings (SSSR count). The van der Waals surface area contributed by atoms with Gasteiger partial charge in [0, 0.05) is 31.4 Å². The summed E-state index contributed by atoms with van der Waals surface area (Å²) in [7, 11) is 0. The molecule has 1 aromatic rings. The Morgan fingerprint density at radius 3 is 2.68 bits per heavy atom. The number of anilines is 1. The van der Waals surface area contributed by atoms with Crippen LogP contribution in [0.3, 0.4) is 0 Å². The van der Waals surface area contributed by atoms with Crippen LogP contribution in [0.1, 0.15) is 38.5 Å². The van der Waals surface area contributed by atoms with Crippen LogP contribution in [0.15, 0.2) is 28.4 Å². The molecular formula is C16H22Cl2N4. The number of aromatic nitrogens is 2. The zero-order valence-corrected chi connectivity index (χ0v) is 14.2. The predicted octanol–water partition coefficient (Wildman–Crippen LogP) is 3.67. The molecule has 1 saturated carbocycles. The van der Waals surface area contributed by atoms with E-state index in [1.807, 2.05) is 12.1 Å². The van der Waals surface area contributed by atoms with Crippen molar-refractivity contribution in [3.63, 3.8) is 0 Å². The molecule has 4 nitrogen and oxygen atoms in total. The van der Waals surface area contributed by atoms with Crippen LogP contribution in [-0.2, 0) is 0 Å². The third-order valence-electron chi connectivity index (χ3n) is 4.67. The van der Waals surface area contributed by atoms with Crippen molar-refractivity contribution in [1.29, 1.82) is 0 Å². The Bertz CT molecular complexity index is 508. The zero-order chi connectivity index (χ0) is 15.4. The third kappa shape index (κ3) is 3.92. The van der Waals surface area contributed by atoms with Crippen molar-refractivity contribution >= 4 is 29.0 Å². The molecule has 2 heterocycles. The fourth-order valence-corrected chi connectivity index (χ4v) is 3.90. The Balaban J connectivity index is 1.54. The summed E-state index contributed by atoms with van der Waals surface area (Å²) in [5, 5.41) is 11.9. The van der Waals surface area contributed by atoms with Gasteiger partial charge in [0.2, 0.25) is 0 Å². The van der Waals surface area contributed by atoms with Crippen LogP contribution in [-0.4, -0.2) is 35.4 Å². The molecule has 1 N–H and O–H groups in total. The van der Waals surface area contributed by atoms with Gasteiger partial charge >= 0.3 is 0 Å². The largest absolute Gasteiger partial charge is 0.355 e. The van der Waals surface area contributed by atoms with Crippen molar-refractivity contribution in [2.24, 2.45) is 0 Å². The Kier molecular flexibility index (Phi) is 5.55. The van der Waals surface area contributed by atoms with Crippen molar-refractivity contribution in [1.82, 2.24) is 15.5 Å². The van der Waals surface area contributed by atoms with E-state index in [1.54, 1.807) is 6.20 Å². The van der Waals surface area contributed by atoms with Gasteiger partial charge in [-0.3, -0.25) is 0 Å². The molecule has 6 heteroatoms. The van der Waals surface area contributed by atoms with Gasteiger partial charge in [0.1, 0.15) is 4.49 Å². The Hall–Kier alpha value is -0.840. The number of piperidine rings is 1. The summed E-state index contributed by atoms with van der Waals surface area (Å²) in [6, 6.07) is 4.84. The fourth-order valence-electron chi connectivity index (χ4n) is 3.44. The fraction of sp³-hybridized carbons (Fsp3) is 0.625. The van der Waals surface area contributed by atoms with Crippen molar-refractivity contribution < 1.29 is 0 Å². The summed E-state index contributed by atoms with van der Waals surface area (Å²) in [6.07, 6.45) is 8.55. The molecule has 1 aliphatic carbocycles. The topological polar surface area (TPSA) is 41.0 Å². The van der Waals surface area contributed by atoms with Gasteiger partial charge in [-0.1, -0.05) is 29.6 Å². The average Bonchev–Trinajstić information content (AvgIpc) is 2.57. The third-order valence-corrected chi connectivity index (χ3v) is 5.15. The quantitative estimate of drug-likeness (QED) is 0.911. The van der Waals surface area contributed by atoms with Crippen molar-refractivity contribution in [2.75, 3.05) is 18.0 Å². The lowest BCUT2D eigenvalue weighted by atomic mass is 9.89. The summed E-state index contributed by atoms with van der Waals surface area (Å²) in [5.41, 5.74) is 1.20. The molecule has 0 aromatic carbocycles. The van der Waals surface area contributed by atoms with E-state index >= 15 is 0 Å². The average molecular weight is 341 g/mol. The highest BCUT2D eigenvalue weighted by Gasteiger charge is 2.26. The van der Waals surface area contributed by atoms with Gasteiger partial charge in [0.05, 0.1) is 0 Å². The second-order valence-corrected chi connectivity index (χ2v) is 7.04. The predicted molar refractivity (Wildman–Crippen MR) is 91.4 cm³/mol. The Labute approximate surface area is 141 Å². The van der Waals surface area contributed by atoms with E-state index in [0.717, 1.165) is 44.6 Å². The van der Waals surface area contributed by atoms with Crippen LogP contribution in [0.5, 0.6) is 0 Å². The van der Waals surface area contributed by atoms with Crippen LogP contribution < -0.4 is 10.2 Å². The number of hydrogen-bond acceptors (Lipinski definition) is 4. The lowest BCUT2D eigenvalue weighted by molar-refractivity contribution is 0.351. The van der Waals surface area contributed by atoms with E-state index in [0.29, 0.717) is 16.6 Å². The molecule has 2 fully saturated rings. The van der Waals surface area contributed by atoms with E-state index in [1.165, 1.54) is 18.4 Å². The normalized spacial score (nSPS) is 23.6. The minimum Gasteiger partial charge on any atom is -0.355 e. The minimum atomic E-state index is 0.354. The monoisotopic (exact) mass is 340 g/mol. The van der Waals surface area contributed by atoms with Crippen molar-refractivity contribution in [3.05, 3.63) is 28.4 Å². The van der Waals surface area contributed by atoms with Gasteiger partial charge in [-0.15, -0.1) is 5.10 Å². The van der Waals surface area contributed by atoms with Gasteiger partial charge in [0.25, 0.3) is 0 Å². The van der Waals surface area contributed by atoms with Gasteiger partial charge < -0.3 is 10.2 Å². The first kappa shape index (κ1) is 16.0. The smallest absolute Gasteiger partial charge is 0.151 e. The van der Waals surface area contributed by atoms with E-state index in [2.05, 4.69) is 20.4 Å². The number of rotatable bonds is 3. The van der Waals surface area contributed by atoms with Gasteiger partial charge in [0.15, 0.2) is 5.82 Å². The number of nitrogens with one attached hydrogen (secondary N) is 1. The molecule has 120 valence electrons. The summed E-state index contributed by atoms with van der Waals surface area (Å²) in [4.78, 5) is 2.30. The highest BCUT2D eigenvalue weighted by molar-refractivity contribution is 6.56. The van der Waals surface area contributed by atoms with Crippen molar-refractivity contribution in [2.45, 2.75) is 50.6 Å². The van der Waals surface area contributed by atoms with E-state index in [9.17, 15) is 0 Å². The van der Waals surface area contributed by atoms with Crippen LogP contribution in [0, 0.1) is 0 Å². The first-order chi connectivity index (χ1) is 10.7. The van der Waals surface area contributed by atoms with Crippen LogP contribution in [0.4, 0.5) is 5.82 Å². The molecule has 0 radical (unpaired) electrons. The van der Waals surface area contributed by atoms with Gasteiger partial charge in [-0.2, -0.15) is 5.10 Å². The molecule has 1 aliphatic heterocycles. The standard InChI is InChI=1S/C16H22Cl2N4/c17-16(18)13-4-1-2-5-14(13)20-12-7-10-22(11-8-12)15-6-3-9-19-21-15/h3,6,9,12,14,20H,1-2,4-5,7-8,10-11H2. The molecule has 1 atom stereocenters. The first-order valence-electron chi connectivity index (χ1n) is 8.07. The SMILES string of the molecule is ClC(Cl)=C1CCCCC1NC1CCN(c2cccnn2)CC1. The maximum atomic E-state index is 6.05. The highest BCUT2D eigenvalue weighted by atomic mass is 35.5. The Morgan fingerprint density at radius 2 is 2.00 bits per heavy atom. The maximum Gasteiger partial charge on any atom is 0.151 e. The molecule has 1 unspecified atom stereocenters. The summed E-state index contributed by atoms with van der Waals surface area (Å²) >= 11 is 12.1. The lowest BCUT2D eigenvalue weighted by Gasteiger charge is -2.36. The maximum absolute atomic E-state index is 6.05. The number of nitrogens with zero attached hydrogens (tertiary/aromatic N) is 3. The summed E-state index contributed by atoms with van der Waals surface area (Å²) in [5.74, 6) is 0.975. The molecule has 1 saturated heterocycles. The molecule has 22 heavy (non-hydrogen) atoms. The first-order valence-corrected chi connectivity index (χ1v) is 8.82. The molecule has 0 amide bonds. The minimum absolute atomic E-state index is 0.354. The summed E-state index contributed by atoms with van der Waals surface area (Å²) < 4.78 is 0.467. The van der Waals surface area contributed by atoms with E-state index in [4.69, 9.17) is 23.2 Å². The molecule has 1 aromatic heterocycles. The second-order valence-electron chi connectivity index (χ2n) is 6.09. The molecule has 0 bridgehead atoms. The summed E-state index contributed by atoms with van der Waals surface area (Å²) in [6.45, 7) is 2.02.